The zero-order valence-corrected chi connectivity index (χ0v) is 14.2. The van der Waals surface area contributed by atoms with Gasteiger partial charge in [-0.3, -0.25) is 4.79 Å². The van der Waals surface area contributed by atoms with E-state index >= 15 is 0 Å². The van der Waals surface area contributed by atoms with Gasteiger partial charge in [-0.15, -0.1) is 0 Å². The summed E-state index contributed by atoms with van der Waals surface area (Å²) in [6.45, 7) is 6.10. The van der Waals surface area contributed by atoms with Crippen molar-refractivity contribution in [2.45, 2.75) is 32.2 Å². The highest BCUT2D eigenvalue weighted by atomic mass is 16.2. The summed E-state index contributed by atoms with van der Waals surface area (Å²) in [7, 11) is 0. The van der Waals surface area contributed by atoms with E-state index in [2.05, 4.69) is 48.4 Å². The molecule has 1 N–H and O–H groups in total. The van der Waals surface area contributed by atoms with E-state index < -0.39 is 0 Å². The molecule has 4 rings (SSSR count). The van der Waals surface area contributed by atoms with E-state index in [0.717, 1.165) is 37.3 Å². The van der Waals surface area contributed by atoms with Crippen LogP contribution in [0.4, 0.5) is 5.82 Å². The van der Waals surface area contributed by atoms with Crippen LogP contribution in [0.2, 0.25) is 0 Å². The highest BCUT2D eigenvalue weighted by molar-refractivity contribution is 5.94. The minimum Gasteiger partial charge on any atom is -0.360 e. The number of carbonyl (C=O) groups is 1. The largest absolute Gasteiger partial charge is 0.360 e. The Morgan fingerprint density at radius 1 is 1.33 bits per heavy atom. The summed E-state index contributed by atoms with van der Waals surface area (Å²) in [4.78, 5) is 19.2. The van der Waals surface area contributed by atoms with Crippen molar-refractivity contribution in [3.05, 3.63) is 59.3 Å². The van der Waals surface area contributed by atoms with Gasteiger partial charge in [0.25, 0.3) is 5.91 Å². The SMILES string of the molecule is C[C@H]1CCN(C(=O)c2cnc3c(c2)C[C@](C)(c2ccccc2)N3)C1. The first-order valence-corrected chi connectivity index (χ1v) is 8.67. The molecule has 4 heteroatoms. The molecule has 2 aromatic rings. The van der Waals surface area contributed by atoms with Gasteiger partial charge < -0.3 is 10.2 Å². The molecule has 1 fully saturated rings. The van der Waals surface area contributed by atoms with Gasteiger partial charge in [0, 0.05) is 25.7 Å². The van der Waals surface area contributed by atoms with Crippen LogP contribution < -0.4 is 5.32 Å². The second kappa shape index (κ2) is 5.62. The molecule has 1 saturated heterocycles. The molecule has 124 valence electrons. The Balaban J connectivity index is 1.58. The summed E-state index contributed by atoms with van der Waals surface area (Å²) in [5.41, 5.74) is 2.91. The molecular weight excluding hydrogens is 298 g/mol. The summed E-state index contributed by atoms with van der Waals surface area (Å²) in [5.74, 6) is 1.61. The predicted octanol–water partition coefficient (Wildman–Crippen LogP) is 3.45. The van der Waals surface area contributed by atoms with Crippen LogP contribution >= 0.6 is 0 Å². The molecule has 1 aromatic heterocycles. The minimum atomic E-state index is -0.166. The van der Waals surface area contributed by atoms with Crippen LogP contribution in [-0.2, 0) is 12.0 Å². The third-order valence-corrected chi connectivity index (χ3v) is 5.27. The number of amides is 1. The number of nitrogens with one attached hydrogen (secondary N) is 1. The molecule has 1 amide bonds. The van der Waals surface area contributed by atoms with Crippen LogP contribution in [0.1, 0.15) is 41.8 Å². The van der Waals surface area contributed by atoms with Crippen LogP contribution in [0.3, 0.4) is 0 Å². The van der Waals surface area contributed by atoms with Crippen molar-refractivity contribution in [3.8, 4) is 0 Å². The third-order valence-electron chi connectivity index (χ3n) is 5.27. The van der Waals surface area contributed by atoms with Gasteiger partial charge in [0.15, 0.2) is 0 Å². The second-order valence-electron chi connectivity index (χ2n) is 7.38. The first kappa shape index (κ1) is 15.2. The average Bonchev–Trinajstić information content (AvgIpc) is 3.17. The maximum Gasteiger partial charge on any atom is 0.255 e. The summed E-state index contributed by atoms with van der Waals surface area (Å²) < 4.78 is 0. The first-order chi connectivity index (χ1) is 11.5. The van der Waals surface area contributed by atoms with Gasteiger partial charge in [-0.1, -0.05) is 37.3 Å². The Kier molecular flexibility index (Phi) is 3.56. The van der Waals surface area contributed by atoms with Crippen molar-refractivity contribution in [2.75, 3.05) is 18.4 Å². The van der Waals surface area contributed by atoms with E-state index in [1.165, 1.54) is 5.56 Å². The highest BCUT2D eigenvalue weighted by Crippen LogP contribution is 2.38. The van der Waals surface area contributed by atoms with Gasteiger partial charge in [0.1, 0.15) is 5.82 Å². The number of pyridine rings is 1. The first-order valence-electron chi connectivity index (χ1n) is 8.67. The van der Waals surface area contributed by atoms with Crippen LogP contribution in [0.15, 0.2) is 42.6 Å². The fraction of sp³-hybridized carbons (Fsp3) is 0.400. The lowest BCUT2D eigenvalue weighted by Gasteiger charge is -2.25. The van der Waals surface area contributed by atoms with Crippen molar-refractivity contribution in [3.63, 3.8) is 0 Å². The van der Waals surface area contributed by atoms with Gasteiger partial charge in [-0.25, -0.2) is 4.98 Å². The number of nitrogens with zero attached hydrogens (tertiary/aromatic N) is 2. The Bertz CT molecular complexity index is 774. The van der Waals surface area contributed by atoms with Gasteiger partial charge in [0.2, 0.25) is 0 Å². The number of likely N-dealkylation sites (tertiary alicyclic amines) is 1. The molecule has 0 radical (unpaired) electrons. The lowest BCUT2D eigenvalue weighted by atomic mass is 9.89. The highest BCUT2D eigenvalue weighted by Gasteiger charge is 2.35. The average molecular weight is 321 g/mol. The van der Waals surface area contributed by atoms with Crippen molar-refractivity contribution in [2.24, 2.45) is 5.92 Å². The molecule has 2 atom stereocenters. The summed E-state index contributed by atoms with van der Waals surface area (Å²) in [6, 6.07) is 12.4. The number of hydrogen-bond donors (Lipinski definition) is 1. The van der Waals surface area contributed by atoms with Crippen molar-refractivity contribution < 1.29 is 4.79 Å². The molecule has 1 aromatic carbocycles. The van der Waals surface area contributed by atoms with Crippen molar-refractivity contribution >= 4 is 11.7 Å². The maximum absolute atomic E-state index is 12.7. The van der Waals surface area contributed by atoms with Crippen molar-refractivity contribution in [1.82, 2.24) is 9.88 Å². The van der Waals surface area contributed by atoms with Gasteiger partial charge in [0.05, 0.1) is 11.1 Å². The number of anilines is 1. The van der Waals surface area contributed by atoms with Crippen LogP contribution in [0.25, 0.3) is 0 Å². The summed E-state index contributed by atoms with van der Waals surface area (Å²) in [6.07, 6.45) is 3.66. The number of hydrogen-bond acceptors (Lipinski definition) is 3. The Labute approximate surface area is 142 Å². The van der Waals surface area contributed by atoms with Gasteiger partial charge >= 0.3 is 0 Å². The molecule has 0 unspecified atom stereocenters. The third kappa shape index (κ3) is 2.56. The standard InChI is InChI=1S/C20H23N3O/c1-14-8-9-23(13-14)19(24)16-10-15-11-20(2,22-18(15)21-12-16)17-6-4-3-5-7-17/h3-7,10,12,14H,8-9,11,13H2,1-2H3,(H,21,22)/t14-,20+/m0/s1. The Morgan fingerprint density at radius 2 is 2.12 bits per heavy atom. The van der Waals surface area contributed by atoms with Crippen LogP contribution in [-0.4, -0.2) is 28.9 Å². The van der Waals surface area contributed by atoms with Crippen LogP contribution in [0.5, 0.6) is 0 Å². The lowest BCUT2D eigenvalue weighted by molar-refractivity contribution is 0.0787. The molecule has 3 heterocycles. The van der Waals surface area contributed by atoms with E-state index in [4.69, 9.17) is 0 Å². The van der Waals surface area contributed by atoms with E-state index in [0.29, 0.717) is 11.5 Å². The van der Waals surface area contributed by atoms with Gasteiger partial charge in [-0.2, -0.15) is 0 Å². The normalized spacial score (nSPS) is 25.4. The number of rotatable bonds is 2. The number of carbonyl (C=O) groups excluding carboxylic acids is 1. The monoisotopic (exact) mass is 321 g/mol. The zero-order valence-electron chi connectivity index (χ0n) is 14.2. The quantitative estimate of drug-likeness (QED) is 0.921. The topological polar surface area (TPSA) is 45.2 Å². The minimum absolute atomic E-state index is 0.114. The Morgan fingerprint density at radius 3 is 2.83 bits per heavy atom. The van der Waals surface area contributed by atoms with Crippen molar-refractivity contribution in [1.29, 1.82) is 0 Å². The van der Waals surface area contributed by atoms with E-state index in [1.807, 2.05) is 17.0 Å². The van der Waals surface area contributed by atoms with E-state index in [9.17, 15) is 4.79 Å². The Hall–Kier alpha value is -2.36. The second-order valence-corrected chi connectivity index (χ2v) is 7.38. The van der Waals surface area contributed by atoms with E-state index in [1.54, 1.807) is 6.20 Å². The van der Waals surface area contributed by atoms with E-state index in [-0.39, 0.29) is 11.4 Å². The zero-order chi connectivity index (χ0) is 16.7. The van der Waals surface area contributed by atoms with Crippen LogP contribution in [0, 0.1) is 5.92 Å². The molecular formula is C20H23N3O. The summed E-state index contributed by atoms with van der Waals surface area (Å²) >= 11 is 0. The molecule has 0 bridgehead atoms. The summed E-state index contributed by atoms with van der Waals surface area (Å²) in [5, 5.41) is 3.53. The molecule has 2 aliphatic heterocycles. The molecule has 0 spiro atoms. The lowest BCUT2D eigenvalue weighted by Crippen LogP contribution is -2.29. The fourth-order valence-corrected chi connectivity index (χ4v) is 3.84. The number of fused-ring (bicyclic) bond motifs is 1. The number of benzene rings is 1. The molecule has 2 aliphatic rings. The number of aromatic nitrogens is 1. The fourth-order valence-electron chi connectivity index (χ4n) is 3.84. The molecule has 0 saturated carbocycles. The van der Waals surface area contributed by atoms with Gasteiger partial charge in [-0.05, 0) is 36.5 Å². The smallest absolute Gasteiger partial charge is 0.255 e. The predicted molar refractivity (Wildman–Crippen MR) is 95.0 cm³/mol. The molecule has 4 nitrogen and oxygen atoms in total. The molecule has 0 aliphatic carbocycles. The molecule has 24 heavy (non-hydrogen) atoms. The maximum atomic E-state index is 12.7.